The van der Waals surface area contributed by atoms with Crippen LogP contribution in [-0.2, 0) is 14.6 Å². The SMILES string of the molecule is CCN(C(=O)CC(C)N)C1CCS(=O)(=O)C1. The molecule has 94 valence electrons. The molecular weight excluding hydrogens is 228 g/mol. The Hall–Kier alpha value is -0.620. The first-order chi connectivity index (χ1) is 7.35. The van der Waals surface area contributed by atoms with E-state index in [1.54, 1.807) is 11.8 Å². The molecule has 0 saturated carbocycles. The van der Waals surface area contributed by atoms with Gasteiger partial charge in [0.25, 0.3) is 0 Å². The molecule has 0 radical (unpaired) electrons. The molecule has 16 heavy (non-hydrogen) atoms. The van der Waals surface area contributed by atoms with Crippen LogP contribution in [0.5, 0.6) is 0 Å². The Morgan fingerprint density at radius 2 is 2.19 bits per heavy atom. The summed E-state index contributed by atoms with van der Waals surface area (Å²) in [6.07, 6.45) is 0.839. The molecule has 1 rings (SSSR count). The molecule has 1 aliphatic rings. The molecule has 1 fully saturated rings. The van der Waals surface area contributed by atoms with Crippen LogP contribution >= 0.6 is 0 Å². The molecule has 0 aromatic carbocycles. The molecule has 0 bridgehead atoms. The summed E-state index contributed by atoms with van der Waals surface area (Å²) in [6.45, 7) is 4.19. The van der Waals surface area contributed by atoms with Gasteiger partial charge in [0.05, 0.1) is 11.5 Å². The molecule has 0 aliphatic carbocycles. The standard InChI is InChI=1S/C10H20N2O3S/c1-3-12(10(13)6-8(2)11)9-4-5-16(14,15)7-9/h8-9H,3-7,11H2,1-2H3. The van der Waals surface area contributed by atoms with E-state index in [1.165, 1.54) is 0 Å². The largest absolute Gasteiger partial charge is 0.339 e. The van der Waals surface area contributed by atoms with E-state index in [9.17, 15) is 13.2 Å². The third-order valence-corrected chi connectivity index (χ3v) is 4.56. The van der Waals surface area contributed by atoms with Crippen LogP contribution in [0.2, 0.25) is 0 Å². The minimum Gasteiger partial charge on any atom is -0.339 e. The second kappa shape index (κ2) is 5.14. The van der Waals surface area contributed by atoms with Gasteiger partial charge in [-0.2, -0.15) is 0 Å². The molecule has 6 heteroatoms. The summed E-state index contributed by atoms with van der Waals surface area (Å²) >= 11 is 0. The summed E-state index contributed by atoms with van der Waals surface area (Å²) in [4.78, 5) is 13.5. The lowest BCUT2D eigenvalue weighted by atomic mass is 10.1. The third-order valence-electron chi connectivity index (χ3n) is 2.81. The molecule has 0 aromatic rings. The van der Waals surface area contributed by atoms with Gasteiger partial charge in [0.15, 0.2) is 9.84 Å². The van der Waals surface area contributed by atoms with Crippen molar-refractivity contribution in [1.29, 1.82) is 0 Å². The van der Waals surface area contributed by atoms with Gasteiger partial charge in [-0.15, -0.1) is 0 Å². The fraction of sp³-hybridized carbons (Fsp3) is 0.900. The van der Waals surface area contributed by atoms with E-state index in [0.29, 0.717) is 13.0 Å². The molecule has 1 amide bonds. The fourth-order valence-corrected chi connectivity index (χ4v) is 3.78. The maximum Gasteiger partial charge on any atom is 0.224 e. The summed E-state index contributed by atoms with van der Waals surface area (Å²) in [5.41, 5.74) is 5.57. The van der Waals surface area contributed by atoms with Crippen LogP contribution in [0.1, 0.15) is 26.7 Å². The van der Waals surface area contributed by atoms with Crippen molar-refractivity contribution in [1.82, 2.24) is 4.90 Å². The number of carbonyl (C=O) groups is 1. The van der Waals surface area contributed by atoms with Gasteiger partial charge in [-0.1, -0.05) is 0 Å². The zero-order chi connectivity index (χ0) is 12.3. The Labute approximate surface area is 96.9 Å². The Kier molecular flexibility index (Phi) is 4.32. The van der Waals surface area contributed by atoms with Crippen LogP contribution < -0.4 is 5.73 Å². The van der Waals surface area contributed by atoms with Crippen LogP contribution in [0, 0.1) is 0 Å². The minimum absolute atomic E-state index is 0.0420. The predicted octanol–water partition coefficient (Wildman–Crippen LogP) is -0.241. The van der Waals surface area contributed by atoms with Crippen LogP contribution in [0.15, 0.2) is 0 Å². The first-order valence-electron chi connectivity index (χ1n) is 5.61. The zero-order valence-electron chi connectivity index (χ0n) is 9.85. The normalized spacial score (nSPS) is 25.3. The van der Waals surface area contributed by atoms with Gasteiger partial charge in [-0.3, -0.25) is 4.79 Å². The predicted molar refractivity (Wildman–Crippen MR) is 62.7 cm³/mol. The number of nitrogens with two attached hydrogens (primary N) is 1. The number of sulfone groups is 1. The number of hydrogen-bond donors (Lipinski definition) is 1. The van der Waals surface area contributed by atoms with Crippen LogP contribution in [0.4, 0.5) is 0 Å². The number of rotatable bonds is 4. The Bertz CT molecular complexity index is 351. The molecule has 5 nitrogen and oxygen atoms in total. The van der Waals surface area contributed by atoms with Crippen molar-refractivity contribution in [2.24, 2.45) is 5.73 Å². The quantitative estimate of drug-likeness (QED) is 0.744. The smallest absolute Gasteiger partial charge is 0.224 e. The monoisotopic (exact) mass is 248 g/mol. The molecule has 1 heterocycles. The fourth-order valence-electron chi connectivity index (χ4n) is 2.05. The minimum atomic E-state index is -2.94. The molecule has 1 aliphatic heterocycles. The first kappa shape index (κ1) is 13.4. The van der Waals surface area contributed by atoms with Crippen molar-refractivity contribution in [3.05, 3.63) is 0 Å². The lowest BCUT2D eigenvalue weighted by Gasteiger charge is -2.27. The Morgan fingerprint density at radius 1 is 1.56 bits per heavy atom. The van der Waals surface area contributed by atoms with E-state index < -0.39 is 9.84 Å². The number of carbonyl (C=O) groups excluding carboxylic acids is 1. The molecular formula is C10H20N2O3S. The number of amides is 1. The maximum atomic E-state index is 11.8. The van der Waals surface area contributed by atoms with Crippen LogP contribution in [0.25, 0.3) is 0 Å². The third kappa shape index (κ3) is 3.45. The van der Waals surface area contributed by atoms with Crippen LogP contribution in [-0.4, -0.2) is 49.4 Å². The van der Waals surface area contributed by atoms with Crippen molar-refractivity contribution >= 4 is 15.7 Å². The molecule has 2 unspecified atom stereocenters. The molecule has 2 N–H and O–H groups in total. The van der Waals surface area contributed by atoms with Crippen molar-refractivity contribution in [3.63, 3.8) is 0 Å². The average molecular weight is 248 g/mol. The van der Waals surface area contributed by atoms with E-state index >= 15 is 0 Å². The first-order valence-corrected chi connectivity index (χ1v) is 7.43. The van der Waals surface area contributed by atoms with Gasteiger partial charge >= 0.3 is 0 Å². The zero-order valence-corrected chi connectivity index (χ0v) is 10.7. The summed E-state index contributed by atoms with van der Waals surface area (Å²) in [7, 11) is -2.94. The Morgan fingerprint density at radius 3 is 2.56 bits per heavy atom. The van der Waals surface area contributed by atoms with E-state index in [0.717, 1.165) is 0 Å². The molecule has 0 spiro atoms. The van der Waals surface area contributed by atoms with E-state index in [2.05, 4.69) is 0 Å². The maximum absolute atomic E-state index is 11.8. The molecule has 2 atom stereocenters. The highest BCUT2D eigenvalue weighted by molar-refractivity contribution is 7.91. The van der Waals surface area contributed by atoms with Gasteiger partial charge in [-0.25, -0.2) is 8.42 Å². The highest BCUT2D eigenvalue weighted by atomic mass is 32.2. The van der Waals surface area contributed by atoms with Crippen molar-refractivity contribution in [2.45, 2.75) is 38.8 Å². The highest BCUT2D eigenvalue weighted by Gasteiger charge is 2.33. The average Bonchev–Trinajstić information content (AvgIpc) is 2.46. The lowest BCUT2D eigenvalue weighted by molar-refractivity contribution is -0.133. The van der Waals surface area contributed by atoms with Gasteiger partial charge < -0.3 is 10.6 Å². The van der Waals surface area contributed by atoms with Crippen molar-refractivity contribution < 1.29 is 13.2 Å². The van der Waals surface area contributed by atoms with E-state index in [1.807, 2.05) is 6.92 Å². The lowest BCUT2D eigenvalue weighted by Crippen LogP contribution is -2.42. The number of nitrogens with zero attached hydrogens (tertiary/aromatic N) is 1. The second-order valence-corrected chi connectivity index (χ2v) is 6.65. The van der Waals surface area contributed by atoms with Crippen molar-refractivity contribution in [3.8, 4) is 0 Å². The Balaban J connectivity index is 2.65. The van der Waals surface area contributed by atoms with Gasteiger partial charge in [0.2, 0.25) is 5.91 Å². The molecule has 1 saturated heterocycles. The summed E-state index contributed by atoms with van der Waals surface area (Å²) < 4.78 is 22.7. The topological polar surface area (TPSA) is 80.5 Å². The van der Waals surface area contributed by atoms with Gasteiger partial charge in [-0.05, 0) is 20.3 Å². The summed E-state index contributed by atoms with van der Waals surface area (Å²) in [5.74, 6) is 0.255. The summed E-state index contributed by atoms with van der Waals surface area (Å²) in [6, 6.07) is -0.333. The van der Waals surface area contributed by atoms with E-state index in [-0.39, 0.29) is 35.9 Å². The van der Waals surface area contributed by atoms with E-state index in [4.69, 9.17) is 5.73 Å². The number of hydrogen-bond acceptors (Lipinski definition) is 4. The highest BCUT2D eigenvalue weighted by Crippen LogP contribution is 2.18. The van der Waals surface area contributed by atoms with Crippen LogP contribution in [0.3, 0.4) is 0 Å². The van der Waals surface area contributed by atoms with Gasteiger partial charge in [0.1, 0.15) is 0 Å². The summed E-state index contributed by atoms with van der Waals surface area (Å²) in [5, 5.41) is 0. The van der Waals surface area contributed by atoms with Gasteiger partial charge in [0, 0.05) is 25.0 Å². The molecule has 0 aromatic heterocycles. The second-order valence-electron chi connectivity index (χ2n) is 4.42. The van der Waals surface area contributed by atoms with Crippen molar-refractivity contribution in [2.75, 3.05) is 18.1 Å².